The molecule has 0 aromatic heterocycles. The maximum absolute atomic E-state index is 11.4. The van der Waals surface area contributed by atoms with Crippen LogP contribution in [0.1, 0.15) is 493 Å². The fourth-order valence-corrected chi connectivity index (χ4v) is 8.36. The van der Waals surface area contributed by atoms with E-state index in [1.165, 1.54) is 101 Å². The zero-order valence-electron chi connectivity index (χ0n) is 94.9. The highest BCUT2D eigenvalue weighted by molar-refractivity contribution is 5.67. The minimum atomic E-state index is -0.334. The van der Waals surface area contributed by atoms with Crippen LogP contribution in [0.15, 0.2) is 91.0 Å². The van der Waals surface area contributed by atoms with Crippen molar-refractivity contribution in [3.05, 3.63) is 108 Å². The van der Waals surface area contributed by atoms with Crippen molar-refractivity contribution < 1.29 is 43.1 Å². The molecule has 0 aliphatic rings. The second-order valence-corrected chi connectivity index (χ2v) is 52.4. The van der Waals surface area contributed by atoms with Gasteiger partial charge in [0.25, 0.3) is 0 Å². The Balaban J connectivity index is -0.000000100. The van der Waals surface area contributed by atoms with E-state index in [4.69, 9.17) is 33.5 Å². The van der Waals surface area contributed by atoms with Crippen LogP contribution in [-0.2, 0) is 57.7 Å². The maximum atomic E-state index is 11.4. The van der Waals surface area contributed by atoms with Crippen LogP contribution in [0.5, 0.6) is 0 Å². The van der Waals surface area contributed by atoms with Gasteiger partial charge in [0.05, 0.1) is 0 Å². The molecule has 2 N–H and O–H groups in total. The molecule has 0 saturated carbocycles. The predicted octanol–water partition coefficient (Wildman–Crippen LogP) is 36.6. The molecule has 0 unspecified atom stereocenters. The molecule has 0 heterocycles. The van der Waals surface area contributed by atoms with Crippen molar-refractivity contribution in [1.82, 2.24) is 10.6 Å². The molecule has 11 heteroatoms. The number of alkyl carbamates (subject to hydrolysis) is 1. The van der Waals surface area contributed by atoms with Gasteiger partial charge in [0.2, 0.25) is 6.41 Å². The van der Waals surface area contributed by atoms with E-state index < -0.39 is 0 Å². The van der Waals surface area contributed by atoms with Gasteiger partial charge in [0, 0.05) is 13.1 Å². The molecule has 0 bridgehead atoms. The molecule has 748 valence electrons. The van der Waals surface area contributed by atoms with Gasteiger partial charge < -0.3 is 15.4 Å². The van der Waals surface area contributed by atoms with E-state index in [0.717, 1.165) is 56.0 Å². The number of carbonyl (C=O) groups excluding carboxylic acids is 8. The third kappa shape index (κ3) is 191. The Labute approximate surface area is 790 Å². The molecule has 3 rings (SSSR count). The van der Waals surface area contributed by atoms with Crippen molar-refractivity contribution in [3.8, 4) is 0 Å². The number of nitrogens with one attached hydrogen (secondary N) is 2. The van der Waals surface area contributed by atoms with Crippen LogP contribution in [0.4, 0.5) is 4.79 Å². The van der Waals surface area contributed by atoms with E-state index in [1.807, 2.05) is 30.3 Å². The Hall–Kier alpha value is -5.46. The number of benzene rings is 3. The van der Waals surface area contributed by atoms with Crippen molar-refractivity contribution in [2.75, 3.05) is 13.1 Å². The summed E-state index contributed by atoms with van der Waals surface area (Å²) in [6.45, 7) is 124. The number of rotatable bonds is 18. The van der Waals surface area contributed by atoms with Gasteiger partial charge in [-0.05, 0) is 187 Å². The Morgan fingerprint density at radius 2 is 0.603 bits per heavy atom. The van der Waals surface area contributed by atoms with Gasteiger partial charge in [0.15, 0.2) is 0 Å². The van der Waals surface area contributed by atoms with Crippen LogP contribution >= 0.6 is 0 Å². The van der Waals surface area contributed by atoms with E-state index in [9.17, 15) is 9.59 Å². The molecule has 0 fully saturated rings. The summed E-state index contributed by atoms with van der Waals surface area (Å²) < 4.78 is 5.13. The third-order valence-electron chi connectivity index (χ3n) is 18.8. The fourth-order valence-electron chi connectivity index (χ4n) is 8.36. The standard InChI is InChI=1S/C16H25NO2.C13H20.C11H16.C10H22.3C8H18.C7H15NO.2C7H16.2C6H14.C5H12.3CO2/c1-16(2,3)11-7-8-12-17-15(18)19-13-14-9-5-4-6-10-14;1-13(2,3)11-7-10-12-8-5-4-6-9-12;1-11(2,3)9-10-7-5-4-6-8-10;1-9(2,3)7-8-10(4,5)6;1-7(2)6-8(3,4)5;1-7(2,3)8(4,5)6;1-5-6-7-8(2,3)4;1-7(2,3)4-5-8-6-9;1-6(2)7(3,4)5;1-5-6-7(2,3)4;2*1-5-6(2,3)4;1-5(2,3)4;3*2-1-3/h4-6,9-10H,7-8,11-13H2,1-3H3,(H,17,18);4-6,8-9H,7,10-11H2,1-3H3;4-8H,9H2,1-3H3;7-8H2,1-6H3;7H,6H2,1-5H3;1-6H3;5-7H2,1-4H3;6H,4-5H2,1-3H3,(H,8,9);6H,1-5H3;5-6H2,1-4H3;2*5H2,1-4H3;1-4H3;;;. The molecule has 0 radical (unpaired) electrons. The van der Waals surface area contributed by atoms with Crippen LogP contribution < -0.4 is 10.6 Å². The molecule has 0 spiro atoms. The van der Waals surface area contributed by atoms with Gasteiger partial charge >= 0.3 is 24.5 Å². The number of aryl methyl sites for hydroxylation is 1. The number of unbranched alkanes of at least 4 members (excludes halogenated alkanes) is 2. The Bertz CT molecular complexity index is 2840. The minimum absolute atomic E-state index is 0.250. The Morgan fingerprint density at radius 3 is 0.802 bits per heavy atom. The fraction of sp³-hybridized carbons (Fsp3) is 0.800. The first kappa shape index (κ1) is 149. The summed E-state index contributed by atoms with van der Waals surface area (Å²) in [4.78, 5) is 70.0. The SMILES string of the molecule is CC(C)(C)C.CC(C)(C)C(C)(C)C.CC(C)(C)CCC(C)(C)C.CC(C)(C)CCCCNC(=O)OCc1ccccc1.CC(C)(C)CCCc1ccccc1.CC(C)(C)CCNC=O.CC(C)(C)Cc1ccccc1.CC(C)C(C)(C)C.CC(C)CC(C)(C)C.CCC(C)(C)C.CCC(C)(C)C.CCCC(C)(C)C.CCCCC(C)(C)C.O=C=O.O=C=O.O=C=O. The monoisotopic (exact) mass is 1780 g/mol. The van der Waals surface area contributed by atoms with E-state index >= 15 is 0 Å². The predicted molar refractivity (Wildman–Crippen MR) is 558 cm³/mol. The number of carbonyl (C=O) groups is 2. The summed E-state index contributed by atoms with van der Waals surface area (Å²) in [5.41, 5.74) is 11.1. The van der Waals surface area contributed by atoms with Crippen LogP contribution in [0, 0.1) is 93.1 Å². The molecule has 11 nitrogen and oxygen atoms in total. The van der Waals surface area contributed by atoms with E-state index in [1.54, 1.807) is 0 Å². The minimum Gasteiger partial charge on any atom is -0.445 e. The van der Waals surface area contributed by atoms with Gasteiger partial charge in [-0.3, -0.25) is 4.79 Å². The Morgan fingerprint density at radius 1 is 0.333 bits per heavy atom. The van der Waals surface area contributed by atoms with Crippen molar-refractivity contribution in [2.45, 2.75) is 496 Å². The Kier molecular flexibility index (Phi) is 93.7. The molecular weight excluding hydrogens is 1550 g/mol. The summed E-state index contributed by atoms with van der Waals surface area (Å²) in [6.07, 6.45) is 23.7. The van der Waals surface area contributed by atoms with E-state index in [-0.39, 0.29) is 24.5 Å². The van der Waals surface area contributed by atoms with Crippen molar-refractivity contribution >= 4 is 31.0 Å². The highest BCUT2D eigenvalue weighted by Gasteiger charge is 2.27. The molecule has 0 atom stereocenters. The molecule has 3 aromatic rings. The lowest BCUT2D eigenvalue weighted by Crippen LogP contribution is -2.25. The number of hydrogen-bond acceptors (Lipinski definition) is 9. The molecule has 0 aliphatic heterocycles. The van der Waals surface area contributed by atoms with Gasteiger partial charge in [-0.25, -0.2) is 4.79 Å². The van der Waals surface area contributed by atoms with Crippen molar-refractivity contribution in [1.29, 1.82) is 0 Å². The normalized spacial score (nSPS) is 11.4. The number of amides is 2. The average molecular weight is 1780 g/mol. The lowest BCUT2D eigenvalue weighted by molar-refractivity contribution is -0.193. The molecule has 2 amide bonds. The molecule has 126 heavy (non-hydrogen) atoms. The van der Waals surface area contributed by atoms with Crippen LogP contribution in [0.3, 0.4) is 0 Å². The van der Waals surface area contributed by atoms with Gasteiger partial charge in [0.1, 0.15) is 6.61 Å². The summed E-state index contributed by atoms with van der Waals surface area (Å²) in [6, 6.07) is 31.1. The largest absolute Gasteiger partial charge is 0.445 e. The van der Waals surface area contributed by atoms with Crippen molar-refractivity contribution in [3.63, 3.8) is 0 Å². The van der Waals surface area contributed by atoms with Gasteiger partial charge in [-0.1, -0.05) is 503 Å². The second kappa shape index (κ2) is 79.3. The zero-order valence-corrected chi connectivity index (χ0v) is 94.9. The number of hydrogen-bond donors (Lipinski definition) is 2. The zero-order chi connectivity index (χ0) is 103. The summed E-state index contributed by atoms with van der Waals surface area (Å²) in [5, 5.41) is 5.40. The molecular formula is C115H224N2O9. The average Bonchev–Trinajstić information content (AvgIpc) is 0.854. The van der Waals surface area contributed by atoms with E-state index in [0.29, 0.717) is 94.4 Å². The maximum Gasteiger partial charge on any atom is 0.407 e. The molecule has 3 aromatic carbocycles. The number of ether oxygens (including phenoxy) is 1. The summed E-state index contributed by atoms with van der Waals surface area (Å²) in [5.74, 6) is 1.64. The quantitative estimate of drug-likeness (QED) is 0.0929. The van der Waals surface area contributed by atoms with Crippen LogP contribution in [0.2, 0.25) is 0 Å². The topological polar surface area (TPSA) is 170 Å². The molecule has 0 aliphatic carbocycles. The van der Waals surface area contributed by atoms with Crippen LogP contribution in [0.25, 0.3) is 0 Å². The van der Waals surface area contributed by atoms with Crippen LogP contribution in [-0.4, -0.2) is 44.0 Å². The lowest BCUT2D eigenvalue weighted by Gasteiger charge is -2.34. The first-order valence-corrected chi connectivity index (χ1v) is 48.2. The highest BCUT2D eigenvalue weighted by atomic mass is 16.5. The first-order valence-electron chi connectivity index (χ1n) is 48.2. The van der Waals surface area contributed by atoms with Crippen molar-refractivity contribution in [2.24, 2.45) is 93.1 Å². The first-order chi connectivity index (χ1) is 56.0. The third-order valence-corrected chi connectivity index (χ3v) is 18.8. The van der Waals surface area contributed by atoms with E-state index in [2.05, 4.69) is 445 Å². The van der Waals surface area contributed by atoms with Gasteiger partial charge in [-0.2, -0.15) is 28.8 Å². The lowest BCUT2D eigenvalue weighted by atomic mass is 9.71. The molecule has 0 saturated heterocycles. The summed E-state index contributed by atoms with van der Waals surface area (Å²) in [7, 11) is 0. The van der Waals surface area contributed by atoms with Gasteiger partial charge in [-0.15, -0.1) is 0 Å². The highest BCUT2D eigenvalue weighted by Crippen LogP contribution is 2.37. The second-order valence-electron chi connectivity index (χ2n) is 52.4. The summed E-state index contributed by atoms with van der Waals surface area (Å²) >= 11 is 0. The smallest absolute Gasteiger partial charge is 0.407 e.